The van der Waals surface area contributed by atoms with Gasteiger partial charge >= 0.3 is 0 Å². The van der Waals surface area contributed by atoms with Crippen molar-refractivity contribution in [3.05, 3.63) is 42.0 Å². The number of carbonyl (C=O) groups excluding carboxylic acids is 1. The summed E-state index contributed by atoms with van der Waals surface area (Å²) < 4.78 is 1.69. The van der Waals surface area contributed by atoms with E-state index in [1.165, 1.54) is 0 Å². The zero-order valence-corrected chi connectivity index (χ0v) is 7.90. The lowest BCUT2D eigenvalue weighted by molar-refractivity contribution is 0.0987. The predicted molar refractivity (Wildman–Crippen MR) is 52.0 cm³/mol. The number of aromatic amines is 1. The minimum atomic E-state index is 0.0636. The van der Waals surface area contributed by atoms with Crippen molar-refractivity contribution in [3.63, 3.8) is 0 Å². The molecule has 0 fully saturated rings. The van der Waals surface area contributed by atoms with Crippen LogP contribution in [-0.4, -0.2) is 20.5 Å². The summed E-state index contributed by atoms with van der Waals surface area (Å²) in [7, 11) is 1.84. The molecule has 0 spiro atoms. The van der Waals surface area contributed by atoms with Gasteiger partial charge in [-0.2, -0.15) is 5.10 Å². The number of rotatable bonds is 3. The highest BCUT2D eigenvalue weighted by molar-refractivity contribution is 5.95. The molecule has 0 amide bonds. The second-order valence-corrected chi connectivity index (χ2v) is 3.16. The predicted octanol–water partition coefficient (Wildman–Crippen LogP) is 1.17. The molecule has 1 N–H and O–H groups in total. The van der Waals surface area contributed by atoms with Crippen molar-refractivity contribution in [1.29, 1.82) is 0 Å². The fourth-order valence-electron chi connectivity index (χ4n) is 1.32. The number of carbonyl (C=O) groups is 1. The molecule has 2 aromatic heterocycles. The topological polar surface area (TPSA) is 50.7 Å². The van der Waals surface area contributed by atoms with Crippen LogP contribution in [-0.2, 0) is 13.5 Å². The second kappa shape index (κ2) is 3.49. The standard InChI is InChI=1S/C10H11N3O/c1-13-6-4-8(12-13)7-10(14)9-3-2-5-11-9/h2-6,11H,7H2,1H3. The van der Waals surface area contributed by atoms with Crippen LogP contribution in [0.1, 0.15) is 16.2 Å². The molecular formula is C10H11N3O. The van der Waals surface area contributed by atoms with Crippen LogP contribution in [0.15, 0.2) is 30.6 Å². The largest absolute Gasteiger partial charge is 0.359 e. The molecule has 0 aliphatic carbocycles. The monoisotopic (exact) mass is 189 g/mol. The van der Waals surface area contributed by atoms with E-state index in [-0.39, 0.29) is 5.78 Å². The van der Waals surface area contributed by atoms with Gasteiger partial charge in [0.15, 0.2) is 5.78 Å². The van der Waals surface area contributed by atoms with Crippen LogP contribution in [0, 0.1) is 0 Å². The van der Waals surface area contributed by atoms with E-state index in [2.05, 4.69) is 10.1 Å². The minimum Gasteiger partial charge on any atom is -0.359 e. The Morgan fingerprint density at radius 1 is 1.57 bits per heavy atom. The van der Waals surface area contributed by atoms with Crippen molar-refractivity contribution < 1.29 is 4.79 Å². The minimum absolute atomic E-state index is 0.0636. The maximum Gasteiger partial charge on any atom is 0.184 e. The van der Waals surface area contributed by atoms with Crippen LogP contribution < -0.4 is 0 Å². The summed E-state index contributed by atoms with van der Waals surface area (Å²) in [5.74, 6) is 0.0636. The normalized spacial score (nSPS) is 10.4. The van der Waals surface area contributed by atoms with Gasteiger partial charge in [-0.3, -0.25) is 9.48 Å². The second-order valence-electron chi connectivity index (χ2n) is 3.16. The van der Waals surface area contributed by atoms with Gasteiger partial charge in [0.1, 0.15) is 0 Å². The highest BCUT2D eigenvalue weighted by Gasteiger charge is 2.08. The SMILES string of the molecule is Cn1ccc(CC(=O)c2ccc[nH]2)n1. The van der Waals surface area contributed by atoms with Gasteiger partial charge in [-0.1, -0.05) is 0 Å². The Balaban J connectivity index is 2.09. The number of hydrogen-bond acceptors (Lipinski definition) is 2. The molecule has 2 heterocycles. The van der Waals surface area contributed by atoms with Crippen LogP contribution in [0.4, 0.5) is 0 Å². The number of aryl methyl sites for hydroxylation is 1. The van der Waals surface area contributed by atoms with Crippen molar-refractivity contribution in [1.82, 2.24) is 14.8 Å². The third-order valence-electron chi connectivity index (χ3n) is 2.01. The van der Waals surface area contributed by atoms with Gasteiger partial charge in [0.25, 0.3) is 0 Å². The molecule has 2 rings (SSSR count). The first-order valence-electron chi connectivity index (χ1n) is 4.41. The van der Waals surface area contributed by atoms with E-state index in [1.807, 2.05) is 25.4 Å². The van der Waals surface area contributed by atoms with E-state index in [1.54, 1.807) is 16.9 Å². The van der Waals surface area contributed by atoms with Gasteiger partial charge in [-0.05, 0) is 18.2 Å². The van der Waals surface area contributed by atoms with E-state index in [9.17, 15) is 4.79 Å². The summed E-state index contributed by atoms with van der Waals surface area (Å²) in [5.41, 5.74) is 1.43. The summed E-state index contributed by atoms with van der Waals surface area (Å²) in [5, 5.41) is 4.14. The lowest BCUT2D eigenvalue weighted by Gasteiger charge is -1.94. The third-order valence-corrected chi connectivity index (χ3v) is 2.01. The number of nitrogens with one attached hydrogen (secondary N) is 1. The highest BCUT2D eigenvalue weighted by atomic mass is 16.1. The van der Waals surface area contributed by atoms with Crippen molar-refractivity contribution in [2.24, 2.45) is 7.05 Å². The molecule has 0 aromatic carbocycles. The van der Waals surface area contributed by atoms with Gasteiger partial charge in [0.2, 0.25) is 0 Å². The Labute approximate surface area is 81.6 Å². The average Bonchev–Trinajstić information content (AvgIpc) is 2.75. The van der Waals surface area contributed by atoms with Crippen LogP contribution >= 0.6 is 0 Å². The van der Waals surface area contributed by atoms with Gasteiger partial charge in [0.05, 0.1) is 17.8 Å². The quantitative estimate of drug-likeness (QED) is 0.737. The summed E-state index contributed by atoms with van der Waals surface area (Å²) >= 11 is 0. The lowest BCUT2D eigenvalue weighted by atomic mass is 10.2. The Morgan fingerprint density at radius 2 is 2.43 bits per heavy atom. The molecule has 2 aromatic rings. The number of H-pyrrole nitrogens is 1. The molecule has 0 radical (unpaired) electrons. The number of ketones is 1. The molecule has 0 bridgehead atoms. The molecule has 0 aliphatic rings. The van der Waals surface area contributed by atoms with Crippen LogP contribution in [0.3, 0.4) is 0 Å². The Morgan fingerprint density at radius 3 is 3.00 bits per heavy atom. The van der Waals surface area contributed by atoms with Crippen molar-refractivity contribution in [3.8, 4) is 0 Å². The fourth-order valence-corrected chi connectivity index (χ4v) is 1.32. The van der Waals surface area contributed by atoms with Crippen LogP contribution in [0.5, 0.6) is 0 Å². The number of aromatic nitrogens is 3. The van der Waals surface area contributed by atoms with Crippen LogP contribution in [0.25, 0.3) is 0 Å². The maximum absolute atomic E-state index is 11.6. The van der Waals surface area contributed by atoms with E-state index < -0.39 is 0 Å². The Kier molecular flexibility index (Phi) is 2.18. The molecule has 4 heteroatoms. The number of nitrogens with zero attached hydrogens (tertiary/aromatic N) is 2. The van der Waals surface area contributed by atoms with E-state index in [0.29, 0.717) is 12.1 Å². The molecule has 0 aliphatic heterocycles. The molecule has 72 valence electrons. The number of hydrogen-bond donors (Lipinski definition) is 1. The number of Topliss-reactive ketones (excluding diaryl/α,β-unsaturated/α-hetero) is 1. The Bertz CT molecular complexity index is 428. The molecule has 0 atom stereocenters. The zero-order valence-electron chi connectivity index (χ0n) is 7.90. The molecule has 4 nitrogen and oxygen atoms in total. The lowest BCUT2D eigenvalue weighted by Crippen LogP contribution is -2.04. The molecule has 0 saturated carbocycles. The first-order chi connectivity index (χ1) is 6.75. The van der Waals surface area contributed by atoms with Crippen molar-refractivity contribution in [2.45, 2.75) is 6.42 Å². The summed E-state index contributed by atoms with van der Waals surface area (Å²) in [6.45, 7) is 0. The van der Waals surface area contributed by atoms with Crippen molar-refractivity contribution in [2.75, 3.05) is 0 Å². The maximum atomic E-state index is 11.6. The van der Waals surface area contributed by atoms with Gasteiger partial charge in [-0.15, -0.1) is 0 Å². The average molecular weight is 189 g/mol. The summed E-state index contributed by atoms with van der Waals surface area (Å²) in [4.78, 5) is 14.5. The smallest absolute Gasteiger partial charge is 0.184 e. The van der Waals surface area contributed by atoms with E-state index in [4.69, 9.17) is 0 Å². The molecule has 0 unspecified atom stereocenters. The van der Waals surface area contributed by atoms with Gasteiger partial charge in [0, 0.05) is 19.4 Å². The first-order valence-corrected chi connectivity index (χ1v) is 4.41. The van der Waals surface area contributed by atoms with Gasteiger partial charge < -0.3 is 4.98 Å². The zero-order chi connectivity index (χ0) is 9.97. The first kappa shape index (κ1) is 8.74. The van der Waals surface area contributed by atoms with Crippen molar-refractivity contribution >= 4 is 5.78 Å². The summed E-state index contributed by atoms with van der Waals surface area (Å²) in [6.07, 6.45) is 3.92. The molecular weight excluding hydrogens is 178 g/mol. The highest BCUT2D eigenvalue weighted by Crippen LogP contribution is 2.03. The summed E-state index contributed by atoms with van der Waals surface area (Å²) in [6, 6.07) is 5.43. The Hall–Kier alpha value is -1.84. The third kappa shape index (κ3) is 1.74. The molecule has 14 heavy (non-hydrogen) atoms. The fraction of sp³-hybridized carbons (Fsp3) is 0.200. The molecule has 0 saturated heterocycles. The van der Waals surface area contributed by atoms with E-state index >= 15 is 0 Å². The van der Waals surface area contributed by atoms with Crippen LogP contribution in [0.2, 0.25) is 0 Å². The van der Waals surface area contributed by atoms with Gasteiger partial charge in [-0.25, -0.2) is 0 Å². The van der Waals surface area contributed by atoms with E-state index in [0.717, 1.165) is 5.69 Å².